The minimum absolute atomic E-state index is 0.0927. The number of carbonyl (C=O) groups excluding carboxylic acids is 1. The number of hydrogen-bond donors (Lipinski definition) is 0. The molecule has 1 heterocycles. The van der Waals surface area contributed by atoms with Crippen LogP contribution in [0.1, 0.15) is 19.4 Å². The molecule has 0 bridgehead atoms. The molecule has 1 aliphatic heterocycles. The molecule has 0 N–H and O–H groups in total. The predicted octanol–water partition coefficient (Wildman–Crippen LogP) is 3.28. The van der Waals surface area contributed by atoms with Crippen molar-refractivity contribution in [2.45, 2.75) is 13.8 Å². The molecule has 2 rings (SSSR count). The summed E-state index contributed by atoms with van der Waals surface area (Å²) in [4.78, 5) is 15.7. The van der Waals surface area contributed by atoms with E-state index >= 15 is 0 Å². The van der Waals surface area contributed by atoms with Crippen LogP contribution in [0.5, 0.6) is 11.5 Å². The van der Waals surface area contributed by atoms with E-state index in [-0.39, 0.29) is 5.91 Å². The summed E-state index contributed by atoms with van der Waals surface area (Å²) in [6, 6.07) is 3.73. The molecule has 5 nitrogen and oxygen atoms in total. The zero-order valence-electron chi connectivity index (χ0n) is 13.6. The summed E-state index contributed by atoms with van der Waals surface area (Å²) in [5.74, 6) is 1.16. The molecule has 1 aliphatic rings. The summed E-state index contributed by atoms with van der Waals surface area (Å²) in [5.41, 5.74) is 1.37. The van der Waals surface area contributed by atoms with Gasteiger partial charge >= 0.3 is 0 Å². The van der Waals surface area contributed by atoms with Gasteiger partial charge in [0.25, 0.3) is 5.91 Å². The predicted molar refractivity (Wildman–Crippen MR) is 97.6 cm³/mol. The lowest BCUT2D eigenvalue weighted by atomic mass is 10.1. The van der Waals surface area contributed by atoms with Gasteiger partial charge in [-0.2, -0.15) is 0 Å². The van der Waals surface area contributed by atoms with Gasteiger partial charge in [-0.15, -0.1) is 0 Å². The molecule has 1 aromatic carbocycles. The van der Waals surface area contributed by atoms with Crippen molar-refractivity contribution < 1.29 is 14.3 Å². The highest BCUT2D eigenvalue weighted by Crippen LogP contribution is 2.37. The summed E-state index contributed by atoms with van der Waals surface area (Å²) in [7, 11) is 3.39. The second kappa shape index (κ2) is 7.31. The Morgan fingerprint density at radius 3 is 2.57 bits per heavy atom. The van der Waals surface area contributed by atoms with E-state index in [1.807, 2.05) is 26.0 Å². The van der Waals surface area contributed by atoms with Crippen molar-refractivity contribution in [3.05, 3.63) is 27.9 Å². The zero-order chi connectivity index (χ0) is 17.1. The molecule has 1 saturated heterocycles. The van der Waals surface area contributed by atoms with Gasteiger partial charge in [-0.25, -0.2) is 0 Å². The number of ether oxygens (including phenoxy) is 2. The Labute approximate surface area is 150 Å². The van der Waals surface area contributed by atoms with Crippen molar-refractivity contribution in [3.8, 4) is 11.5 Å². The van der Waals surface area contributed by atoms with E-state index in [1.54, 1.807) is 30.0 Å². The first-order chi connectivity index (χ1) is 10.9. The number of thiocarbonyl (C=S) groups is 1. The van der Waals surface area contributed by atoms with Crippen LogP contribution in [-0.4, -0.2) is 48.1 Å². The first kappa shape index (κ1) is 17.7. The van der Waals surface area contributed by atoms with E-state index in [9.17, 15) is 4.79 Å². The third kappa shape index (κ3) is 3.35. The fraction of sp³-hybridized carbons (Fsp3) is 0.375. The molecule has 23 heavy (non-hydrogen) atoms. The highest BCUT2D eigenvalue weighted by atomic mass is 79.9. The van der Waals surface area contributed by atoms with Crippen molar-refractivity contribution in [2.75, 3.05) is 27.3 Å². The number of nitrogens with zero attached hydrogens (tertiary/aromatic N) is 2. The average molecular weight is 399 g/mol. The SMILES string of the molecule is CCOc1cc(/C=C2/C(=O)N(CC)C(=S)N2C)cc(Br)c1OC. The molecule has 0 saturated carbocycles. The van der Waals surface area contributed by atoms with Gasteiger partial charge in [0, 0.05) is 13.6 Å². The van der Waals surface area contributed by atoms with Gasteiger partial charge in [0.1, 0.15) is 5.70 Å². The van der Waals surface area contributed by atoms with Crippen LogP contribution in [0.15, 0.2) is 22.3 Å². The lowest BCUT2D eigenvalue weighted by molar-refractivity contribution is -0.122. The van der Waals surface area contributed by atoms with Gasteiger partial charge in [-0.1, -0.05) is 0 Å². The smallest absolute Gasteiger partial charge is 0.276 e. The van der Waals surface area contributed by atoms with Gasteiger partial charge in [-0.3, -0.25) is 9.69 Å². The second-order valence-electron chi connectivity index (χ2n) is 4.89. The van der Waals surface area contributed by atoms with E-state index in [2.05, 4.69) is 15.9 Å². The third-order valence-corrected chi connectivity index (χ3v) is 4.58. The van der Waals surface area contributed by atoms with Crippen LogP contribution in [0.3, 0.4) is 0 Å². The average Bonchev–Trinajstić information content (AvgIpc) is 2.71. The van der Waals surface area contributed by atoms with E-state index < -0.39 is 0 Å². The van der Waals surface area contributed by atoms with Crippen molar-refractivity contribution in [1.82, 2.24) is 9.80 Å². The number of carbonyl (C=O) groups is 1. The Morgan fingerprint density at radius 1 is 1.35 bits per heavy atom. The van der Waals surface area contributed by atoms with Crippen LogP contribution in [0, 0.1) is 0 Å². The third-order valence-electron chi connectivity index (χ3n) is 3.50. The molecule has 0 unspecified atom stereocenters. The Morgan fingerprint density at radius 2 is 2.04 bits per heavy atom. The normalized spacial score (nSPS) is 16.5. The van der Waals surface area contributed by atoms with Crippen molar-refractivity contribution in [1.29, 1.82) is 0 Å². The monoisotopic (exact) mass is 398 g/mol. The topological polar surface area (TPSA) is 42.0 Å². The van der Waals surface area contributed by atoms with Crippen LogP contribution < -0.4 is 9.47 Å². The van der Waals surface area contributed by atoms with Crippen LogP contribution >= 0.6 is 28.1 Å². The maximum absolute atomic E-state index is 12.4. The summed E-state index contributed by atoms with van der Waals surface area (Å²) in [6.45, 7) is 4.88. The summed E-state index contributed by atoms with van der Waals surface area (Å²) >= 11 is 8.78. The summed E-state index contributed by atoms with van der Waals surface area (Å²) < 4.78 is 11.7. The van der Waals surface area contributed by atoms with E-state index in [4.69, 9.17) is 21.7 Å². The standard InChI is InChI=1S/C16H19BrN2O3S/c1-5-19-15(20)12(18(3)16(19)23)8-10-7-11(17)14(21-4)13(9-10)22-6-2/h7-9H,5-6H2,1-4H3/b12-8-. The van der Waals surface area contributed by atoms with Gasteiger partial charge in [0.2, 0.25) is 0 Å². The molecule has 0 spiro atoms. The number of amides is 1. The van der Waals surface area contributed by atoms with Gasteiger partial charge < -0.3 is 14.4 Å². The molecule has 0 aromatic heterocycles. The van der Waals surface area contributed by atoms with Gasteiger partial charge in [-0.05, 0) is 65.8 Å². The van der Waals surface area contributed by atoms with Gasteiger partial charge in [0.05, 0.1) is 18.2 Å². The Balaban J connectivity index is 2.47. The number of likely N-dealkylation sites (N-methyl/N-ethyl adjacent to an activating group) is 2. The zero-order valence-corrected chi connectivity index (χ0v) is 16.0. The minimum atomic E-state index is -0.0927. The van der Waals surface area contributed by atoms with Crippen molar-refractivity contribution in [2.24, 2.45) is 0 Å². The number of hydrogen-bond acceptors (Lipinski definition) is 4. The van der Waals surface area contributed by atoms with Crippen LogP contribution in [0.4, 0.5) is 0 Å². The quantitative estimate of drug-likeness (QED) is 0.562. The number of methoxy groups -OCH3 is 1. The first-order valence-corrected chi connectivity index (χ1v) is 8.46. The maximum Gasteiger partial charge on any atom is 0.276 e. The molecule has 124 valence electrons. The first-order valence-electron chi connectivity index (χ1n) is 7.26. The van der Waals surface area contributed by atoms with E-state index in [0.29, 0.717) is 35.5 Å². The highest BCUT2D eigenvalue weighted by Gasteiger charge is 2.34. The largest absolute Gasteiger partial charge is 0.492 e. The molecule has 0 aliphatic carbocycles. The molecule has 7 heteroatoms. The number of benzene rings is 1. The second-order valence-corrected chi connectivity index (χ2v) is 6.11. The minimum Gasteiger partial charge on any atom is -0.492 e. The lowest BCUT2D eigenvalue weighted by Crippen LogP contribution is -2.30. The summed E-state index contributed by atoms with van der Waals surface area (Å²) in [5, 5.41) is 0.515. The van der Waals surface area contributed by atoms with Gasteiger partial charge in [0.15, 0.2) is 16.6 Å². The van der Waals surface area contributed by atoms with Crippen LogP contribution in [-0.2, 0) is 4.79 Å². The molecule has 0 atom stereocenters. The molecule has 0 radical (unpaired) electrons. The van der Waals surface area contributed by atoms with Crippen molar-refractivity contribution in [3.63, 3.8) is 0 Å². The Bertz CT molecular complexity index is 676. The number of halogens is 1. The Hall–Kier alpha value is -1.60. The Kier molecular flexibility index (Phi) is 5.64. The maximum atomic E-state index is 12.4. The molecule has 1 amide bonds. The molecule has 1 fully saturated rings. The van der Waals surface area contributed by atoms with Crippen molar-refractivity contribution >= 4 is 45.2 Å². The van der Waals surface area contributed by atoms with E-state index in [0.717, 1.165) is 10.0 Å². The highest BCUT2D eigenvalue weighted by molar-refractivity contribution is 9.10. The fourth-order valence-corrected chi connectivity index (χ4v) is 3.31. The van der Waals surface area contributed by atoms with E-state index in [1.165, 1.54) is 0 Å². The molecular weight excluding hydrogens is 380 g/mol. The summed E-state index contributed by atoms with van der Waals surface area (Å²) in [6.07, 6.45) is 1.80. The lowest BCUT2D eigenvalue weighted by Gasteiger charge is -2.14. The van der Waals surface area contributed by atoms with Crippen LogP contribution in [0.2, 0.25) is 0 Å². The fourth-order valence-electron chi connectivity index (χ4n) is 2.38. The number of rotatable bonds is 5. The van der Waals surface area contributed by atoms with Crippen LogP contribution in [0.25, 0.3) is 6.08 Å². The molecule has 1 aromatic rings. The molecular formula is C16H19BrN2O3S.